The normalized spacial score (nSPS) is 10.3. The van der Waals surface area contributed by atoms with E-state index < -0.39 is 17.6 Å². The molecule has 116 valence electrons. The first-order chi connectivity index (χ1) is 9.92. The number of hydrogen-bond acceptors (Lipinski definition) is 4. The number of nitrogens with zero attached hydrogens (tertiary/aromatic N) is 1. The summed E-state index contributed by atoms with van der Waals surface area (Å²) in [5.74, 6) is -2.67. The minimum Gasteiger partial charge on any atom is -0.465 e. The molecule has 0 spiro atoms. The molecule has 1 aromatic carbocycles. The molecule has 4 nitrogen and oxygen atoms in total. The lowest BCUT2D eigenvalue weighted by Gasteiger charge is -2.24. The number of anilines is 1. The summed E-state index contributed by atoms with van der Waals surface area (Å²) in [7, 11) is 0. The number of nitrogens with two attached hydrogens (primary N) is 1. The van der Waals surface area contributed by atoms with Crippen molar-refractivity contribution in [2.24, 2.45) is 5.73 Å². The van der Waals surface area contributed by atoms with Crippen molar-refractivity contribution in [1.82, 2.24) is 0 Å². The fraction of sp³-hybridized carbons (Fsp3) is 0.429. The summed E-state index contributed by atoms with van der Waals surface area (Å²) in [4.78, 5) is 12.8. The van der Waals surface area contributed by atoms with Gasteiger partial charge in [0.2, 0.25) is 0 Å². The average Bonchev–Trinajstić information content (AvgIpc) is 2.41. The Balaban J connectivity index is 3.11. The van der Waals surface area contributed by atoms with E-state index in [1.165, 1.54) is 17.0 Å². The van der Waals surface area contributed by atoms with Crippen LogP contribution in [0.1, 0.15) is 25.8 Å². The van der Waals surface area contributed by atoms with Gasteiger partial charge in [-0.3, -0.25) is 4.79 Å². The molecule has 1 aromatic rings. The Morgan fingerprint density at radius 1 is 1.33 bits per heavy atom. The van der Waals surface area contributed by atoms with E-state index in [1.54, 1.807) is 6.92 Å². The van der Waals surface area contributed by atoms with Crippen molar-refractivity contribution in [3.8, 4) is 0 Å². The zero-order valence-corrected chi connectivity index (χ0v) is 12.8. The van der Waals surface area contributed by atoms with Crippen molar-refractivity contribution in [3.05, 3.63) is 29.3 Å². The Bertz CT molecular complexity index is 538. The van der Waals surface area contributed by atoms with Gasteiger partial charge < -0.3 is 15.4 Å². The van der Waals surface area contributed by atoms with Crippen molar-refractivity contribution in [2.45, 2.75) is 20.3 Å². The summed E-state index contributed by atoms with van der Waals surface area (Å²) in [5, 5.41) is 0. The number of thiocarbonyl (C=S) groups is 1. The van der Waals surface area contributed by atoms with Crippen LogP contribution in [0.25, 0.3) is 0 Å². The van der Waals surface area contributed by atoms with Gasteiger partial charge in [-0.25, -0.2) is 8.78 Å². The van der Waals surface area contributed by atoms with Crippen molar-refractivity contribution >= 4 is 28.9 Å². The highest BCUT2D eigenvalue weighted by Gasteiger charge is 2.20. The van der Waals surface area contributed by atoms with Crippen LogP contribution in [0.15, 0.2) is 12.1 Å². The molecule has 0 aliphatic heterocycles. The van der Waals surface area contributed by atoms with Crippen LogP contribution in [-0.4, -0.2) is 30.7 Å². The maximum Gasteiger partial charge on any atom is 0.325 e. The van der Waals surface area contributed by atoms with E-state index in [9.17, 15) is 13.6 Å². The van der Waals surface area contributed by atoms with E-state index >= 15 is 0 Å². The SMILES string of the molecule is CCCN(CC(=O)OCC)c1ccc(C(N)=S)c(F)c1F. The second kappa shape index (κ2) is 7.87. The first-order valence-electron chi connectivity index (χ1n) is 6.60. The van der Waals surface area contributed by atoms with Crippen molar-refractivity contribution in [1.29, 1.82) is 0 Å². The third kappa shape index (κ3) is 4.35. The summed E-state index contributed by atoms with van der Waals surface area (Å²) >= 11 is 4.66. The summed E-state index contributed by atoms with van der Waals surface area (Å²) in [5.41, 5.74) is 5.16. The monoisotopic (exact) mass is 316 g/mol. The van der Waals surface area contributed by atoms with Crippen LogP contribution in [0.5, 0.6) is 0 Å². The van der Waals surface area contributed by atoms with Crippen LogP contribution in [-0.2, 0) is 9.53 Å². The fourth-order valence-corrected chi connectivity index (χ4v) is 2.05. The molecule has 0 aromatic heterocycles. The maximum atomic E-state index is 14.1. The summed E-state index contributed by atoms with van der Waals surface area (Å²) in [6.07, 6.45) is 0.664. The van der Waals surface area contributed by atoms with E-state index in [4.69, 9.17) is 10.5 Å². The minimum atomic E-state index is -1.11. The standard InChI is InChI=1S/C14H18F2N2O2S/c1-3-7-18(8-11(19)20-4-2)10-6-5-9(14(17)21)12(15)13(10)16/h5-6H,3-4,7-8H2,1-2H3,(H2,17,21). The molecule has 21 heavy (non-hydrogen) atoms. The molecule has 0 fully saturated rings. The lowest BCUT2D eigenvalue weighted by Crippen LogP contribution is -2.32. The molecule has 0 unspecified atom stereocenters. The number of carbonyl (C=O) groups excluding carboxylic acids is 1. The Kier molecular flexibility index (Phi) is 6.48. The number of carbonyl (C=O) groups is 1. The molecular formula is C14H18F2N2O2S. The summed E-state index contributed by atoms with van der Waals surface area (Å²) < 4.78 is 32.9. The highest BCUT2D eigenvalue weighted by Crippen LogP contribution is 2.24. The third-order valence-electron chi connectivity index (χ3n) is 2.79. The predicted molar refractivity (Wildman–Crippen MR) is 81.4 cm³/mol. The molecule has 0 aliphatic rings. The van der Waals surface area contributed by atoms with Crippen LogP contribution in [0.2, 0.25) is 0 Å². The molecule has 0 saturated heterocycles. The van der Waals surface area contributed by atoms with E-state index in [2.05, 4.69) is 12.2 Å². The Morgan fingerprint density at radius 3 is 2.52 bits per heavy atom. The molecule has 0 radical (unpaired) electrons. The molecule has 0 amide bonds. The zero-order valence-electron chi connectivity index (χ0n) is 12.0. The Labute approximate surface area is 127 Å². The molecular weight excluding hydrogens is 298 g/mol. The van der Waals surface area contributed by atoms with Crippen molar-refractivity contribution in [3.63, 3.8) is 0 Å². The van der Waals surface area contributed by atoms with Gasteiger partial charge in [0.1, 0.15) is 11.5 Å². The maximum absolute atomic E-state index is 14.1. The number of rotatable bonds is 7. The zero-order chi connectivity index (χ0) is 16.0. The summed E-state index contributed by atoms with van der Waals surface area (Å²) in [6.45, 7) is 4.02. The number of hydrogen-bond donors (Lipinski definition) is 1. The molecule has 0 saturated carbocycles. The van der Waals surface area contributed by atoms with Crippen molar-refractivity contribution < 1.29 is 18.3 Å². The number of esters is 1. The van der Waals surface area contributed by atoms with E-state index in [1.807, 2.05) is 6.92 Å². The molecule has 0 heterocycles. The number of halogens is 2. The van der Waals surface area contributed by atoms with Gasteiger partial charge in [0, 0.05) is 12.1 Å². The minimum absolute atomic E-state index is 0.0117. The Hall–Kier alpha value is -1.76. The topological polar surface area (TPSA) is 55.6 Å². The van der Waals surface area contributed by atoms with Gasteiger partial charge in [-0.15, -0.1) is 0 Å². The lowest BCUT2D eigenvalue weighted by atomic mass is 10.1. The Morgan fingerprint density at radius 2 is 2.00 bits per heavy atom. The molecule has 2 N–H and O–H groups in total. The van der Waals surface area contributed by atoms with E-state index in [0.29, 0.717) is 13.0 Å². The predicted octanol–water partition coefficient (Wildman–Crippen LogP) is 2.38. The van der Waals surface area contributed by atoms with Gasteiger partial charge in [0.05, 0.1) is 12.3 Å². The molecule has 0 bridgehead atoms. The van der Waals surface area contributed by atoms with Crippen LogP contribution in [0.4, 0.5) is 14.5 Å². The highest BCUT2D eigenvalue weighted by molar-refractivity contribution is 7.80. The molecule has 7 heteroatoms. The van der Waals surface area contributed by atoms with Gasteiger partial charge in [-0.05, 0) is 25.5 Å². The fourth-order valence-electron chi connectivity index (χ4n) is 1.89. The molecule has 0 aliphatic carbocycles. The van der Waals surface area contributed by atoms with Gasteiger partial charge >= 0.3 is 5.97 Å². The molecule has 0 atom stereocenters. The molecule has 1 rings (SSSR count). The largest absolute Gasteiger partial charge is 0.465 e. The van der Waals surface area contributed by atoms with Crippen molar-refractivity contribution in [2.75, 3.05) is 24.6 Å². The van der Waals surface area contributed by atoms with Crippen LogP contribution >= 0.6 is 12.2 Å². The first kappa shape index (κ1) is 17.3. The first-order valence-corrected chi connectivity index (χ1v) is 7.01. The van der Waals surface area contributed by atoms with Gasteiger partial charge in [-0.2, -0.15) is 0 Å². The number of ether oxygens (including phenoxy) is 1. The smallest absolute Gasteiger partial charge is 0.325 e. The van der Waals surface area contributed by atoms with E-state index in [-0.39, 0.29) is 29.4 Å². The lowest BCUT2D eigenvalue weighted by molar-refractivity contribution is -0.141. The van der Waals surface area contributed by atoms with Crippen LogP contribution < -0.4 is 10.6 Å². The highest BCUT2D eigenvalue weighted by atomic mass is 32.1. The van der Waals surface area contributed by atoms with Gasteiger partial charge in [0.15, 0.2) is 11.6 Å². The van der Waals surface area contributed by atoms with Gasteiger partial charge in [0.25, 0.3) is 0 Å². The number of benzene rings is 1. The summed E-state index contributed by atoms with van der Waals surface area (Å²) in [6, 6.07) is 2.67. The average molecular weight is 316 g/mol. The van der Waals surface area contributed by atoms with Crippen LogP contribution in [0.3, 0.4) is 0 Å². The second-order valence-corrected chi connectivity index (χ2v) is 4.79. The van der Waals surface area contributed by atoms with E-state index in [0.717, 1.165) is 0 Å². The quantitative estimate of drug-likeness (QED) is 0.618. The van der Waals surface area contributed by atoms with Gasteiger partial charge in [-0.1, -0.05) is 19.1 Å². The second-order valence-electron chi connectivity index (χ2n) is 4.35. The van der Waals surface area contributed by atoms with Crippen LogP contribution in [0, 0.1) is 11.6 Å². The third-order valence-corrected chi connectivity index (χ3v) is 3.01.